The SMILES string of the molecule is CC1(C)O[C@H]2OC(C(=O)Nc3ccc(S(=O)(=O)Nc4ccccn4)cc3)[C@@H]3OC(C)(C)O[C@@H]3[C@H]2O1. The normalized spacial score (nSPS) is 30.8. The lowest BCUT2D eigenvalue weighted by Gasteiger charge is -2.36. The van der Waals surface area contributed by atoms with E-state index in [1.165, 1.54) is 30.5 Å². The second kappa shape index (κ2) is 8.50. The predicted octanol–water partition coefficient (Wildman–Crippen LogP) is 2.22. The fourth-order valence-corrected chi connectivity index (χ4v) is 5.38. The number of nitrogens with zero attached hydrogens (tertiary/aromatic N) is 1. The van der Waals surface area contributed by atoms with E-state index in [0.29, 0.717) is 5.69 Å². The van der Waals surface area contributed by atoms with Gasteiger partial charge in [0.1, 0.15) is 24.1 Å². The number of nitrogens with one attached hydrogen (secondary N) is 2. The van der Waals surface area contributed by atoms with Crippen molar-refractivity contribution in [2.75, 3.05) is 10.0 Å². The molecule has 0 aliphatic carbocycles. The molecular formula is C23H27N3O8S. The second-order valence-corrected chi connectivity index (χ2v) is 11.1. The van der Waals surface area contributed by atoms with Crippen LogP contribution in [0.15, 0.2) is 53.6 Å². The Morgan fingerprint density at radius 1 is 0.886 bits per heavy atom. The van der Waals surface area contributed by atoms with E-state index in [1.54, 1.807) is 45.9 Å². The van der Waals surface area contributed by atoms with Crippen LogP contribution in [0.1, 0.15) is 27.7 Å². The van der Waals surface area contributed by atoms with Crippen LogP contribution >= 0.6 is 0 Å². The molecule has 1 amide bonds. The van der Waals surface area contributed by atoms with Gasteiger partial charge in [-0.3, -0.25) is 9.52 Å². The molecule has 0 bridgehead atoms. The van der Waals surface area contributed by atoms with Gasteiger partial charge < -0.3 is 29.0 Å². The Morgan fingerprint density at radius 3 is 2.23 bits per heavy atom. The van der Waals surface area contributed by atoms with Crippen LogP contribution < -0.4 is 10.0 Å². The van der Waals surface area contributed by atoms with E-state index in [0.717, 1.165) is 0 Å². The summed E-state index contributed by atoms with van der Waals surface area (Å²) in [5.74, 6) is -2.10. The monoisotopic (exact) mass is 505 g/mol. The minimum absolute atomic E-state index is 0.0194. The minimum atomic E-state index is -3.84. The number of carbonyl (C=O) groups is 1. The predicted molar refractivity (Wildman–Crippen MR) is 123 cm³/mol. The fourth-order valence-electron chi connectivity index (χ4n) is 4.37. The van der Waals surface area contributed by atoms with Crippen molar-refractivity contribution in [3.05, 3.63) is 48.7 Å². The van der Waals surface area contributed by atoms with Crippen molar-refractivity contribution in [1.29, 1.82) is 0 Å². The first-order chi connectivity index (χ1) is 16.4. The molecule has 1 aromatic heterocycles. The summed E-state index contributed by atoms with van der Waals surface area (Å²) in [7, 11) is -3.84. The third-order valence-electron chi connectivity index (χ3n) is 5.75. The molecule has 3 aliphatic heterocycles. The maximum atomic E-state index is 13.2. The number of sulfonamides is 1. The van der Waals surface area contributed by atoms with Crippen LogP contribution in [0, 0.1) is 0 Å². The van der Waals surface area contributed by atoms with E-state index in [2.05, 4.69) is 15.0 Å². The van der Waals surface area contributed by atoms with Crippen LogP contribution in [0.3, 0.4) is 0 Å². The Morgan fingerprint density at radius 2 is 1.54 bits per heavy atom. The van der Waals surface area contributed by atoms with Crippen LogP contribution in [0.2, 0.25) is 0 Å². The number of carbonyl (C=O) groups excluding carboxylic acids is 1. The first-order valence-electron chi connectivity index (χ1n) is 11.1. The summed E-state index contributed by atoms with van der Waals surface area (Å²) < 4.78 is 57.4. The number of amides is 1. The molecule has 3 aliphatic rings. The average Bonchev–Trinajstić information content (AvgIpc) is 3.27. The number of pyridine rings is 1. The zero-order valence-corrected chi connectivity index (χ0v) is 20.4. The molecule has 0 spiro atoms. The minimum Gasteiger partial charge on any atom is -0.342 e. The van der Waals surface area contributed by atoms with Gasteiger partial charge in [0, 0.05) is 11.9 Å². The van der Waals surface area contributed by atoms with E-state index in [4.69, 9.17) is 23.7 Å². The van der Waals surface area contributed by atoms with E-state index in [9.17, 15) is 13.2 Å². The van der Waals surface area contributed by atoms with E-state index >= 15 is 0 Å². The number of anilines is 2. The van der Waals surface area contributed by atoms with Gasteiger partial charge in [0.25, 0.3) is 15.9 Å². The zero-order chi connectivity index (χ0) is 25.0. The fraction of sp³-hybridized carbons (Fsp3) is 0.478. The van der Waals surface area contributed by atoms with Crippen LogP contribution in [-0.2, 0) is 38.5 Å². The summed E-state index contributed by atoms with van der Waals surface area (Å²) >= 11 is 0. The summed E-state index contributed by atoms with van der Waals surface area (Å²) in [5, 5.41) is 2.76. The van der Waals surface area contributed by atoms with Gasteiger partial charge in [-0.1, -0.05) is 6.07 Å². The highest BCUT2D eigenvalue weighted by Crippen LogP contribution is 2.44. The van der Waals surface area contributed by atoms with Crippen LogP contribution in [0.25, 0.3) is 0 Å². The van der Waals surface area contributed by atoms with Gasteiger partial charge in [-0.2, -0.15) is 0 Å². The van der Waals surface area contributed by atoms with Crippen molar-refractivity contribution in [2.24, 2.45) is 0 Å². The quantitative estimate of drug-likeness (QED) is 0.627. The van der Waals surface area contributed by atoms with E-state index in [-0.39, 0.29) is 10.7 Å². The van der Waals surface area contributed by atoms with Crippen molar-refractivity contribution < 1.29 is 36.9 Å². The number of benzene rings is 1. The van der Waals surface area contributed by atoms with Gasteiger partial charge in [-0.05, 0) is 64.1 Å². The molecule has 1 aromatic carbocycles. The average molecular weight is 506 g/mol. The lowest BCUT2D eigenvalue weighted by Crippen LogP contribution is -2.58. The first kappa shape index (κ1) is 24.1. The molecule has 2 aromatic rings. The topological polar surface area (TPSA) is 134 Å². The Hall–Kier alpha value is -2.61. The maximum Gasteiger partial charge on any atom is 0.263 e. The Kier molecular flexibility index (Phi) is 5.86. The second-order valence-electron chi connectivity index (χ2n) is 9.42. The molecule has 5 atom stereocenters. The molecule has 11 nitrogen and oxygen atoms in total. The van der Waals surface area contributed by atoms with Crippen molar-refractivity contribution in [3.63, 3.8) is 0 Å². The van der Waals surface area contributed by atoms with E-state index in [1.807, 2.05) is 0 Å². The molecule has 3 saturated heterocycles. The van der Waals surface area contributed by atoms with Gasteiger partial charge in [-0.15, -0.1) is 0 Å². The standard InChI is InChI=1S/C23H27N3O8S/c1-22(2)31-16-17(32-22)19-21(34-23(3,4)33-19)30-18(16)20(27)25-13-8-10-14(11-9-13)35(28,29)26-15-7-5-6-12-24-15/h5-12,16-19,21H,1-4H3,(H,24,26)(H,25,27)/t16-,17+,18?,19-,21-/m1/s1. The largest absolute Gasteiger partial charge is 0.342 e. The van der Waals surface area contributed by atoms with Gasteiger partial charge in [-0.25, -0.2) is 13.4 Å². The first-order valence-corrected chi connectivity index (χ1v) is 12.6. The van der Waals surface area contributed by atoms with Crippen LogP contribution in [0.5, 0.6) is 0 Å². The number of hydrogen-bond acceptors (Lipinski definition) is 9. The van der Waals surface area contributed by atoms with Crippen LogP contribution in [0.4, 0.5) is 11.5 Å². The highest BCUT2D eigenvalue weighted by atomic mass is 32.2. The Labute approximate surface area is 203 Å². The third kappa shape index (κ3) is 4.90. The molecule has 188 valence electrons. The highest BCUT2D eigenvalue weighted by molar-refractivity contribution is 7.92. The molecule has 5 rings (SSSR count). The summed E-state index contributed by atoms with van der Waals surface area (Å²) in [6, 6.07) is 10.7. The molecular weight excluding hydrogens is 478 g/mol. The molecule has 12 heteroatoms. The molecule has 0 radical (unpaired) electrons. The molecule has 2 N–H and O–H groups in total. The summed E-state index contributed by atoms with van der Waals surface area (Å²) in [6.45, 7) is 7.04. The zero-order valence-electron chi connectivity index (χ0n) is 19.6. The lowest BCUT2D eigenvalue weighted by molar-refractivity contribution is -0.229. The Balaban J connectivity index is 1.30. The summed E-state index contributed by atoms with van der Waals surface area (Å²) in [5.41, 5.74) is 0.385. The number of rotatable bonds is 5. The molecule has 3 fully saturated rings. The van der Waals surface area contributed by atoms with Crippen molar-refractivity contribution in [1.82, 2.24) is 4.98 Å². The molecule has 1 unspecified atom stereocenters. The molecule has 4 heterocycles. The van der Waals surface area contributed by atoms with Crippen molar-refractivity contribution >= 4 is 27.4 Å². The van der Waals surface area contributed by atoms with Gasteiger partial charge in [0.15, 0.2) is 24.0 Å². The van der Waals surface area contributed by atoms with Crippen molar-refractivity contribution in [2.45, 2.75) is 74.9 Å². The smallest absolute Gasteiger partial charge is 0.263 e. The Bertz CT molecular complexity index is 1200. The van der Waals surface area contributed by atoms with E-state index < -0.39 is 58.2 Å². The third-order valence-corrected chi connectivity index (χ3v) is 7.12. The van der Waals surface area contributed by atoms with Gasteiger partial charge in [0.2, 0.25) is 0 Å². The van der Waals surface area contributed by atoms with Crippen molar-refractivity contribution in [3.8, 4) is 0 Å². The van der Waals surface area contributed by atoms with Gasteiger partial charge >= 0.3 is 0 Å². The number of ether oxygens (including phenoxy) is 5. The lowest BCUT2D eigenvalue weighted by atomic mass is 9.98. The molecule has 0 saturated carbocycles. The number of hydrogen-bond donors (Lipinski definition) is 2. The maximum absolute atomic E-state index is 13.2. The van der Waals surface area contributed by atoms with Gasteiger partial charge in [0.05, 0.1) is 4.90 Å². The number of aromatic nitrogens is 1. The highest BCUT2D eigenvalue weighted by Gasteiger charge is 2.62. The van der Waals surface area contributed by atoms with Crippen LogP contribution in [-0.4, -0.2) is 61.6 Å². The summed E-state index contributed by atoms with van der Waals surface area (Å²) in [4.78, 5) is 17.2. The number of fused-ring (bicyclic) bond motifs is 3. The summed E-state index contributed by atoms with van der Waals surface area (Å²) in [6.07, 6.45) is -2.17. The molecule has 35 heavy (non-hydrogen) atoms.